The van der Waals surface area contributed by atoms with Crippen LogP contribution in [-0.2, 0) is 15.2 Å². The van der Waals surface area contributed by atoms with Crippen molar-refractivity contribution in [2.45, 2.75) is 6.92 Å². The molecule has 0 heterocycles. The molecule has 0 unspecified atom stereocenters. The van der Waals surface area contributed by atoms with Crippen molar-refractivity contribution in [1.29, 1.82) is 0 Å². The van der Waals surface area contributed by atoms with Crippen LogP contribution in [0.15, 0.2) is 29.8 Å². The van der Waals surface area contributed by atoms with Crippen molar-refractivity contribution in [3.63, 3.8) is 0 Å². The van der Waals surface area contributed by atoms with Crippen LogP contribution in [0.2, 0.25) is 0 Å². The maximum absolute atomic E-state index is 10.4. The van der Waals surface area contributed by atoms with Gasteiger partial charge in [-0.25, -0.2) is 0 Å². The first-order chi connectivity index (χ1) is 7.40. The van der Waals surface area contributed by atoms with Gasteiger partial charge in [-0.15, -0.1) is 0 Å². The summed E-state index contributed by atoms with van der Waals surface area (Å²) >= 11 is 0. The Kier molecular flexibility index (Phi) is 3.81. The quantitative estimate of drug-likeness (QED) is 0.491. The van der Waals surface area contributed by atoms with E-state index >= 15 is 0 Å². The Morgan fingerprint density at radius 1 is 1.31 bits per heavy atom. The van der Waals surface area contributed by atoms with Crippen LogP contribution in [0, 0.1) is 0 Å². The Bertz CT molecular complexity index is 499. The molecule has 0 saturated carbocycles. The molecule has 0 atom stereocenters. The molecular weight excluding hydrogens is 232 g/mol. The molecule has 0 spiro atoms. The van der Waals surface area contributed by atoms with E-state index in [2.05, 4.69) is 4.18 Å². The Morgan fingerprint density at radius 2 is 1.88 bits per heavy atom. The minimum Gasteiger partial charge on any atom is -0.362 e. The fraction of sp³-hybridized carbons (Fsp3) is 0.100. The van der Waals surface area contributed by atoms with Gasteiger partial charge in [0.05, 0.1) is 0 Å². The minimum absolute atomic E-state index is 0.00315. The molecule has 1 aromatic carbocycles. The van der Waals surface area contributed by atoms with Crippen LogP contribution in [0.5, 0.6) is 5.75 Å². The molecule has 0 amide bonds. The third-order valence-corrected chi connectivity index (χ3v) is 2.06. The average Bonchev–Trinajstić information content (AvgIpc) is 2.18. The largest absolute Gasteiger partial charge is 0.446 e. The Balaban J connectivity index is 2.88. The lowest BCUT2D eigenvalue weighted by molar-refractivity contribution is -0.104. The van der Waals surface area contributed by atoms with Gasteiger partial charge < -0.3 is 4.18 Å². The number of hydrogen-bond acceptors (Lipinski definition) is 4. The first-order valence-electron chi connectivity index (χ1n) is 4.31. The zero-order chi connectivity index (χ0) is 12.2. The predicted octanol–water partition coefficient (Wildman–Crippen LogP) is 1.47. The molecular formula is C10H10O5S. The van der Waals surface area contributed by atoms with Crippen molar-refractivity contribution in [2.24, 2.45) is 0 Å². The van der Waals surface area contributed by atoms with Gasteiger partial charge in [0, 0.05) is 0 Å². The monoisotopic (exact) mass is 242 g/mol. The predicted molar refractivity (Wildman–Crippen MR) is 58.3 cm³/mol. The van der Waals surface area contributed by atoms with Crippen molar-refractivity contribution in [2.75, 3.05) is 0 Å². The first-order valence-corrected chi connectivity index (χ1v) is 5.67. The van der Waals surface area contributed by atoms with Gasteiger partial charge in [-0.1, -0.05) is 12.1 Å². The van der Waals surface area contributed by atoms with Crippen molar-refractivity contribution >= 4 is 22.8 Å². The summed E-state index contributed by atoms with van der Waals surface area (Å²) in [5.74, 6) is 0.00315. The van der Waals surface area contributed by atoms with Crippen molar-refractivity contribution in [1.82, 2.24) is 0 Å². The Labute approximate surface area is 93.3 Å². The van der Waals surface area contributed by atoms with Crippen molar-refractivity contribution in [3.05, 3.63) is 35.4 Å². The molecule has 1 aromatic rings. The summed E-state index contributed by atoms with van der Waals surface area (Å²) < 4.78 is 33.4. The van der Waals surface area contributed by atoms with Gasteiger partial charge in [0.25, 0.3) is 0 Å². The summed E-state index contributed by atoms with van der Waals surface area (Å²) in [6, 6.07) is 5.87. The van der Waals surface area contributed by atoms with Crippen LogP contribution in [0.1, 0.15) is 12.5 Å². The highest BCUT2D eigenvalue weighted by atomic mass is 32.3. The van der Waals surface area contributed by atoms with E-state index in [1.165, 1.54) is 12.1 Å². The van der Waals surface area contributed by atoms with Crippen LogP contribution in [0.4, 0.5) is 0 Å². The molecule has 1 rings (SSSR count). The molecule has 86 valence electrons. The maximum atomic E-state index is 10.4. The second-order valence-electron chi connectivity index (χ2n) is 3.09. The van der Waals surface area contributed by atoms with Crippen LogP contribution in [-0.4, -0.2) is 19.3 Å². The van der Waals surface area contributed by atoms with Crippen LogP contribution in [0.25, 0.3) is 6.08 Å². The van der Waals surface area contributed by atoms with Gasteiger partial charge in [0.1, 0.15) is 12.0 Å². The number of carbonyl (C=O) groups excluding carboxylic acids is 1. The van der Waals surface area contributed by atoms with E-state index in [0.29, 0.717) is 11.9 Å². The average molecular weight is 242 g/mol. The van der Waals surface area contributed by atoms with Gasteiger partial charge >= 0.3 is 10.4 Å². The third-order valence-electron chi connectivity index (χ3n) is 1.66. The van der Waals surface area contributed by atoms with E-state index < -0.39 is 10.4 Å². The second kappa shape index (κ2) is 4.91. The van der Waals surface area contributed by atoms with E-state index in [1.54, 1.807) is 25.1 Å². The topological polar surface area (TPSA) is 80.7 Å². The molecule has 0 aliphatic rings. The highest BCUT2D eigenvalue weighted by molar-refractivity contribution is 7.81. The molecule has 0 saturated heterocycles. The molecule has 0 aromatic heterocycles. The Hall–Kier alpha value is -1.66. The zero-order valence-electron chi connectivity index (χ0n) is 8.45. The molecule has 6 heteroatoms. The number of allylic oxidation sites excluding steroid dienone is 1. The van der Waals surface area contributed by atoms with E-state index in [-0.39, 0.29) is 5.75 Å². The minimum atomic E-state index is -4.49. The van der Waals surface area contributed by atoms with Gasteiger partial charge in [-0.2, -0.15) is 8.42 Å². The highest BCUT2D eigenvalue weighted by Gasteiger charge is 2.05. The van der Waals surface area contributed by atoms with E-state index in [4.69, 9.17) is 4.55 Å². The van der Waals surface area contributed by atoms with Crippen LogP contribution >= 0.6 is 0 Å². The van der Waals surface area contributed by atoms with Gasteiger partial charge in [-0.3, -0.25) is 9.35 Å². The number of benzene rings is 1. The summed E-state index contributed by atoms with van der Waals surface area (Å²) in [6.45, 7) is 1.65. The lowest BCUT2D eigenvalue weighted by atomic mass is 10.1. The summed E-state index contributed by atoms with van der Waals surface area (Å²) in [6.07, 6.45) is 2.34. The van der Waals surface area contributed by atoms with Gasteiger partial charge in [0.15, 0.2) is 0 Å². The summed E-state index contributed by atoms with van der Waals surface area (Å²) in [7, 11) is -4.49. The smallest absolute Gasteiger partial charge is 0.362 e. The first kappa shape index (κ1) is 12.4. The van der Waals surface area contributed by atoms with Gasteiger partial charge in [-0.05, 0) is 36.3 Å². The fourth-order valence-corrected chi connectivity index (χ4v) is 1.39. The van der Waals surface area contributed by atoms with Crippen LogP contribution in [0.3, 0.4) is 0 Å². The fourth-order valence-electron chi connectivity index (χ4n) is 1.04. The molecule has 0 aliphatic heterocycles. The standard InChI is InChI=1S/C10H10O5S/c1-8(7-11)6-9-2-4-10(5-3-9)15-16(12,13)14/h2-7H,1H3,(H,12,13,14)/b8-6-. The van der Waals surface area contributed by atoms with Gasteiger partial charge in [0.2, 0.25) is 0 Å². The number of hydrogen-bond donors (Lipinski definition) is 1. The third kappa shape index (κ3) is 4.24. The second-order valence-corrected chi connectivity index (χ2v) is 4.11. The number of rotatable bonds is 4. The zero-order valence-corrected chi connectivity index (χ0v) is 9.27. The summed E-state index contributed by atoms with van der Waals surface area (Å²) in [5.41, 5.74) is 1.27. The van der Waals surface area contributed by atoms with Crippen molar-refractivity contribution < 1.29 is 21.9 Å². The maximum Gasteiger partial charge on any atom is 0.446 e. The van der Waals surface area contributed by atoms with E-state index in [9.17, 15) is 13.2 Å². The lowest BCUT2D eigenvalue weighted by Crippen LogP contribution is -2.06. The Morgan fingerprint density at radius 3 is 2.31 bits per heavy atom. The lowest BCUT2D eigenvalue weighted by Gasteiger charge is -2.01. The molecule has 0 radical (unpaired) electrons. The molecule has 5 nitrogen and oxygen atoms in total. The highest BCUT2D eigenvalue weighted by Crippen LogP contribution is 2.15. The SMILES string of the molecule is C/C(C=O)=C/c1ccc(OS(=O)(=O)O)cc1. The number of carbonyl (C=O) groups is 1. The molecule has 0 fully saturated rings. The number of aldehydes is 1. The normalized spacial score (nSPS) is 12.2. The summed E-state index contributed by atoms with van der Waals surface area (Å²) in [5, 5.41) is 0. The molecule has 1 N–H and O–H groups in total. The molecule has 16 heavy (non-hydrogen) atoms. The van der Waals surface area contributed by atoms with E-state index in [1.807, 2.05) is 0 Å². The molecule has 0 aliphatic carbocycles. The van der Waals surface area contributed by atoms with Crippen LogP contribution < -0.4 is 4.18 Å². The van der Waals surface area contributed by atoms with E-state index in [0.717, 1.165) is 5.56 Å². The molecule has 0 bridgehead atoms. The van der Waals surface area contributed by atoms with Crippen molar-refractivity contribution in [3.8, 4) is 5.75 Å². The summed E-state index contributed by atoms with van der Waals surface area (Å²) in [4.78, 5) is 10.4.